The highest BCUT2D eigenvalue weighted by molar-refractivity contribution is 5.53. The van der Waals surface area contributed by atoms with Crippen LogP contribution in [0.5, 0.6) is 0 Å². The van der Waals surface area contributed by atoms with Gasteiger partial charge in [-0.1, -0.05) is 23.8 Å². The summed E-state index contributed by atoms with van der Waals surface area (Å²) < 4.78 is 13.5. The van der Waals surface area contributed by atoms with Gasteiger partial charge in [0.15, 0.2) is 0 Å². The van der Waals surface area contributed by atoms with Gasteiger partial charge in [0.1, 0.15) is 11.9 Å². The molecule has 1 aliphatic heterocycles. The van der Waals surface area contributed by atoms with Crippen LogP contribution < -0.4 is 10.2 Å². The molecule has 0 aliphatic carbocycles. The van der Waals surface area contributed by atoms with Gasteiger partial charge in [0.2, 0.25) is 0 Å². The third kappa shape index (κ3) is 3.58. The van der Waals surface area contributed by atoms with Crippen molar-refractivity contribution in [3.8, 4) is 6.07 Å². The zero-order valence-electron chi connectivity index (χ0n) is 14.1. The first kappa shape index (κ1) is 16.5. The van der Waals surface area contributed by atoms with Crippen LogP contribution in [-0.4, -0.2) is 19.1 Å². The van der Waals surface area contributed by atoms with Crippen molar-refractivity contribution in [2.45, 2.75) is 32.9 Å². The van der Waals surface area contributed by atoms with E-state index in [9.17, 15) is 4.39 Å². The van der Waals surface area contributed by atoms with Crippen molar-refractivity contribution in [2.24, 2.45) is 0 Å². The van der Waals surface area contributed by atoms with Crippen molar-refractivity contribution in [2.75, 3.05) is 18.0 Å². The van der Waals surface area contributed by atoms with Crippen molar-refractivity contribution < 1.29 is 4.39 Å². The molecule has 3 nitrogen and oxygen atoms in total. The Balaban J connectivity index is 1.60. The van der Waals surface area contributed by atoms with Crippen molar-refractivity contribution in [1.82, 2.24) is 5.32 Å². The molecule has 1 aliphatic rings. The average molecular weight is 323 g/mol. The van der Waals surface area contributed by atoms with E-state index in [1.165, 1.54) is 22.8 Å². The second kappa shape index (κ2) is 7.02. The maximum absolute atomic E-state index is 13.5. The number of nitriles is 1. The summed E-state index contributed by atoms with van der Waals surface area (Å²) >= 11 is 0. The first-order valence-corrected chi connectivity index (χ1v) is 8.31. The van der Waals surface area contributed by atoms with Gasteiger partial charge in [-0.25, -0.2) is 4.39 Å². The Morgan fingerprint density at radius 2 is 2.08 bits per heavy atom. The lowest BCUT2D eigenvalue weighted by molar-refractivity contribution is 0.550. The summed E-state index contributed by atoms with van der Waals surface area (Å²) in [5.41, 5.74) is 4.96. The van der Waals surface area contributed by atoms with Crippen LogP contribution in [0.3, 0.4) is 0 Å². The quantitative estimate of drug-likeness (QED) is 0.933. The molecule has 124 valence electrons. The third-order valence-electron chi connectivity index (χ3n) is 4.70. The number of nitrogens with one attached hydrogen (secondary N) is 1. The molecular formula is C20H22FN3. The van der Waals surface area contributed by atoms with E-state index in [1.54, 1.807) is 12.1 Å². The van der Waals surface area contributed by atoms with E-state index in [0.29, 0.717) is 6.04 Å². The van der Waals surface area contributed by atoms with Gasteiger partial charge in [-0.05, 0) is 49.6 Å². The molecule has 1 N–H and O–H groups in total. The fourth-order valence-electron chi connectivity index (χ4n) is 3.26. The lowest BCUT2D eigenvalue weighted by Crippen LogP contribution is -2.32. The Morgan fingerprint density at radius 1 is 1.25 bits per heavy atom. The monoisotopic (exact) mass is 323 g/mol. The highest BCUT2D eigenvalue weighted by atomic mass is 19.1. The van der Waals surface area contributed by atoms with Gasteiger partial charge in [0.05, 0.1) is 5.56 Å². The number of hydrogen-bond donors (Lipinski definition) is 1. The Kier molecular flexibility index (Phi) is 4.82. The van der Waals surface area contributed by atoms with Gasteiger partial charge in [-0.3, -0.25) is 0 Å². The fraction of sp³-hybridized carbons (Fsp3) is 0.350. The molecule has 1 saturated heterocycles. The van der Waals surface area contributed by atoms with E-state index in [-0.39, 0.29) is 5.56 Å². The minimum Gasteiger partial charge on any atom is -0.370 e. The van der Waals surface area contributed by atoms with Crippen molar-refractivity contribution in [1.29, 1.82) is 5.26 Å². The molecule has 0 amide bonds. The molecule has 0 saturated carbocycles. The number of halogens is 1. The van der Waals surface area contributed by atoms with Gasteiger partial charge >= 0.3 is 0 Å². The molecule has 1 unspecified atom stereocenters. The Morgan fingerprint density at radius 3 is 2.83 bits per heavy atom. The minimum absolute atomic E-state index is 0.110. The second-order valence-electron chi connectivity index (χ2n) is 6.52. The smallest absolute Gasteiger partial charge is 0.141 e. The zero-order valence-corrected chi connectivity index (χ0v) is 14.1. The largest absolute Gasteiger partial charge is 0.370 e. The molecule has 2 aromatic carbocycles. The van der Waals surface area contributed by atoms with Crippen molar-refractivity contribution in [3.05, 3.63) is 64.5 Å². The van der Waals surface area contributed by atoms with Crippen LogP contribution in [0.15, 0.2) is 36.4 Å². The number of aryl methyl sites for hydroxylation is 2. The van der Waals surface area contributed by atoms with Crippen LogP contribution >= 0.6 is 0 Å². The van der Waals surface area contributed by atoms with Gasteiger partial charge in [0, 0.05) is 31.4 Å². The predicted octanol–water partition coefficient (Wildman–Crippen LogP) is 3.68. The molecular weight excluding hydrogens is 301 g/mol. The summed E-state index contributed by atoms with van der Waals surface area (Å²) in [6, 6.07) is 13.6. The highest BCUT2D eigenvalue weighted by Gasteiger charge is 2.23. The van der Waals surface area contributed by atoms with Crippen LogP contribution in [0, 0.1) is 31.0 Å². The van der Waals surface area contributed by atoms with E-state index in [1.807, 2.05) is 6.07 Å². The molecule has 0 bridgehead atoms. The lowest BCUT2D eigenvalue weighted by atomic mass is 10.1. The first-order valence-electron chi connectivity index (χ1n) is 8.31. The Bertz CT molecular complexity index is 779. The van der Waals surface area contributed by atoms with Crippen molar-refractivity contribution in [3.63, 3.8) is 0 Å². The SMILES string of the molecule is Cc1ccc(CNC2CCN(c3ccc(F)c(C#N)c3)C2)c(C)c1. The second-order valence-corrected chi connectivity index (χ2v) is 6.52. The lowest BCUT2D eigenvalue weighted by Gasteiger charge is -2.19. The standard InChI is InChI=1S/C20H22FN3/c1-14-3-4-16(15(2)9-14)12-23-18-7-8-24(13-18)19-5-6-20(21)17(10-19)11-22/h3-6,9-10,18,23H,7-8,12-13H2,1-2H3. The van der Waals surface area contributed by atoms with E-state index in [4.69, 9.17) is 5.26 Å². The molecule has 0 aromatic heterocycles. The van der Waals surface area contributed by atoms with E-state index < -0.39 is 5.82 Å². The zero-order chi connectivity index (χ0) is 17.1. The Labute approximate surface area is 142 Å². The van der Waals surface area contributed by atoms with E-state index in [2.05, 4.69) is 42.3 Å². The number of rotatable bonds is 4. The molecule has 2 aromatic rings. The van der Waals surface area contributed by atoms with Gasteiger partial charge in [-0.2, -0.15) is 5.26 Å². The molecule has 4 heteroatoms. The maximum atomic E-state index is 13.5. The van der Waals surface area contributed by atoms with Gasteiger partial charge in [0.25, 0.3) is 0 Å². The highest BCUT2D eigenvalue weighted by Crippen LogP contribution is 2.23. The number of hydrogen-bond acceptors (Lipinski definition) is 3. The minimum atomic E-state index is -0.454. The molecule has 0 spiro atoms. The van der Waals surface area contributed by atoms with E-state index >= 15 is 0 Å². The Hall–Kier alpha value is -2.38. The molecule has 0 radical (unpaired) electrons. The van der Waals surface area contributed by atoms with Crippen LogP contribution in [0.25, 0.3) is 0 Å². The predicted molar refractivity (Wildman–Crippen MR) is 94.5 cm³/mol. The summed E-state index contributed by atoms with van der Waals surface area (Å²) in [6.07, 6.45) is 1.05. The molecule has 24 heavy (non-hydrogen) atoms. The summed E-state index contributed by atoms with van der Waals surface area (Å²) in [6.45, 7) is 6.91. The van der Waals surface area contributed by atoms with Gasteiger partial charge < -0.3 is 10.2 Å². The summed E-state index contributed by atoms with van der Waals surface area (Å²) in [5, 5.41) is 12.6. The normalized spacial score (nSPS) is 17.1. The van der Waals surface area contributed by atoms with E-state index in [0.717, 1.165) is 31.7 Å². The number of nitrogens with zero attached hydrogens (tertiary/aromatic N) is 2. The molecule has 3 rings (SSSR count). The van der Waals surface area contributed by atoms with Crippen LogP contribution in [0.4, 0.5) is 10.1 Å². The summed E-state index contributed by atoms with van der Waals surface area (Å²) in [7, 11) is 0. The molecule has 1 fully saturated rings. The first-order chi connectivity index (χ1) is 11.6. The maximum Gasteiger partial charge on any atom is 0.141 e. The average Bonchev–Trinajstić information content (AvgIpc) is 3.03. The van der Waals surface area contributed by atoms with Crippen molar-refractivity contribution >= 4 is 5.69 Å². The molecule has 1 heterocycles. The summed E-state index contributed by atoms with van der Waals surface area (Å²) in [5.74, 6) is -0.454. The van der Waals surface area contributed by atoms with Gasteiger partial charge in [-0.15, -0.1) is 0 Å². The topological polar surface area (TPSA) is 39.1 Å². The fourth-order valence-corrected chi connectivity index (χ4v) is 3.26. The summed E-state index contributed by atoms with van der Waals surface area (Å²) in [4.78, 5) is 2.21. The number of anilines is 1. The molecule has 1 atom stereocenters. The van der Waals surface area contributed by atoms with Crippen LogP contribution in [0.1, 0.15) is 28.7 Å². The van der Waals surface area contributed by atoms with Crippen LogP contribution in [-0.2, 0) is 6.54 Å². The van der Waals surface area contributed by atoms with Crippen LogP contribution in [0.2, 0.25) is 0 Å². The number of benzene rings is 2. The third-order valence-corrected chi connectivity index (χ3v) is 4.70.